The Balaban J connectivity index is 2.41. The van der Waals surface area contributed by atoms with E-state index in [0.29, 0.717) is 0 Å². The largest absolute Gasteiger partial charge is 0.390 e. The lowest BCUT2D eigenvalue weighted by molar-refractivity contribution is 0.0283. The van der Waals surface area contributed by atoms with Gasteiger partial charge in [0.25, 0.3) is 0 Å². The molecule has 0 radical (unpaired) electrons. The van der Waals surface area contributed by atoms with Crippen molar-refractivity contribution in [2.45, 2.75) is 25.1 Å². The van der Waals surface area contributed by atoms with E-state index in [1.54, 1.807) is 0 Å². The molecule has 1 fully saturated rings. The standard InChI is InChI=1S/C6H14N2O/c1-8-4-2-3-5(9)6(8)7/h5-6,9H,2-4,7H2,1H3. The molecule has 0 spiro atoms. The van der Waals surface area contributed by atoms with Crippen molar-refractivity contribution in [3.05, 3.63) is 0 Å². The van der Waals surface area contributed by atoms with Crippen LogP contribution in [0.1, 0.15) is 12.8 Å². The quantitative estimate of drug-likeness (QED) is 0.458. The zero-order chi connectivity index (χ0) is 6.85. The van der Waals surface area contributed by atoms with Crippen molar-refractivity contribution in [3.63, 3.8) is 0 Å². The smallest absolute Gasteiger partial charge is 0.0837 e. The molecule has 54 valence electrons. The van der Waals surface area contributed by atoms with E-state index in [1.165, 1.54) is 0 Å². The molecule has 2 atom stereocenters. The number of likely N-dealkylation sites (N-methyl/N-ethyl adjacent to an activating group) is 1. The molecule has 1 rings (SSSR count). The average molecular weight is 130 g/mol. The lowest BCUT2D eigenvalue weighted by Gasteiger charge is -2.33. The molecule has 1 saturated heterocycles. The summed E-state index contributed by atoms with van der Waals surface area (Å²) in [6.45, 7) is 1.01. The minimum absolute atomic E-state index is 0.140. The van der Waals surface area contributed by atoms with Crippen LogP contribution in [0.25, 0.3) is 0 Å². The third-order valence-electron chi connectivity index (χ3n) is 1.91. The number of hydrogen-bond acceptors (Lipinski definition) is 3. The van der Waals surface area contributed by atoms with Crippen molar-refractivity contribution in [3.8, 4) is 0 Å². The molecular weight excluding hydrogens is 116 g/mol. The van der Waals surface area contributed by atoms with Crippen LogP contribution in [0.5, 0.6) is 0 Å². The molecule has 0 bridgehead atoms. The van der Waals surface area contributed by atoms with Crippen LogP contribution in [0, 0.1) is 0 Å². The highest BCUT2D eigenvalue weighted by molar-refractivity contribution is 4.76. The SMILES string of the molecule is CN1CCCC(O)C1N. The van der Waals surface area contributed by atoms with Gasteiger partial charge in [-0.2, -0.15) is 0 Å². The van der Waals surface area contributed by atoms with Crippen LogP contribution >= 0.6 is 0 Å². The Kier molecular flexibility index (Phi) is 2.05. The summed E-state index contributed by atoms with van der Waals surface area (Å²) < 4.78 is 0. The number of rotatable bonds is 0. The molecule has 1 heterocycles. The Hall–Kier alpha value is -0.120. The van der Waals surface area contributed by atoms with Crippen molar-refractivity contribution in [2.75, 3.05) is 13.6 Å². The molecule has 1 aliphatic heterocycles. The maximum Gasteiger partial charge on any atom is 0.0837 e. The summed E-state index contributed by atoms with van der Waals surface area (Å²) in [7, 11) is 1.94. The minimum Gasteiger partial charge on any atom is -0.390 e. The zero-order valence-corrected chi connectivity index (χ0v) is 5.75. The molecule has 3 N–H and O–H groups in total. The van der Waals surface area contributed by atoms with E-state index in [2.05, 4.69) is 0 Å². The van der Waals surface area contributed by atoms with Gasteiger partial charge < -0.3 is 10.8 Å². The lowest BCUT2D eigenvalue weighted by atomic mass is 10.1. The van der Waals surface area contributed by atoms with E-state index < -0.39 is 0 Å². The first kappa shape index (κ1) is 6.99. The number of piperidine rings is 1. The van der Waals surface area contributed by atoms with Gasteiger partial charge in [-0.1, -0.05) is 0 Å². The van der Waals surface area contributed by atoms with Gasteiger partial charge in [0.2, 0.25) is 0 Å². The van der Waals surface area contributed by atoms with Crippen molar-refractivity contribution in [1.29, 1.82) is 0 Å². The number of nitrogens with zero attached hydrogens (tertiary/aromatic N) is 1. The van der Waals surface area contributed by atoms with E-state index in [0.717, 1.165) is 19.4 Å². The highest BCUT2D eigenvalue weighted by Crippen LogP contribution is 2.10. The maximum atomic E-state index is 9.18. The van der Waals surface area contributed by atoms with Gasteiger partial charge in [-0.05, 0) is 26.4 Å². The van der Waals surface area contributed by atoms with Crippen LogP contribution in [0.2, 0.25) is 0 Å². The predicted molar refractivity (Wildman–Crippen MR) is 35.8 cm³/mol. The summed E-state index contributed by atoms with van der Waals surface area (Å²) in [5.74, 6) is 0. The average Bonchev–Trinajstić information content (AvgIpc) is 1.83. The predicted octanol–water partition coefficient (Wildman–Crippen LogP) is -0.642. The third kappa shape index (κ3) is 1.41. The summed E-state index contributed by atoms with van der Waals surface area (Å²) in [6, 6.07) is 0. The van der Waals surface area contributed by atoms with Gasteiger partial charge in [0, 0.05) is 0 Å². The first-order valence-electron chi connectivity index (χ1n) is 3.35. The van der Waals surface area contributed by atoms with Gasteiger partial charge in [0.15, 0.2) is 0 Å². The fourth-order valence-corrected chi connectivity index (χ4v) is 1.16. The third-order valence-corrected chi connectivity index (χ3v) is 1.91. The van der Waals surface area contributed by atoms with E-state index in [1.807, 2.05) is 11.9 Å². The van der Waals surface area contributed by atoms with Crippen LogP contribution in [0.3, 0.4) is 0 Å². The molecule has 9 heavy (non-hydrogen) atoms. The molecule has 0 aromatic carbocycles. The normalized spacial score (nSPS) is 39.0. The van der Waals surface area contributed by atoms with Crippen molar-refractivity contribution >= 4 is 0 Å². The first-order chi connectivity index (χ1) is 4.22. The Bertz CT molecular complexity index is 87.1. The molecule has 0 aromatic rings. The number of aliphatic hydroxyl groups excluding tert-OH is 1. The lowest BCUT2D eigenvalue weighted by Crippen LogP contribution is -2.51. The van der Waals surface area contributed by atoms with Crippen molar-refractivity contribution < 1.29 is 5.11 Å². The molecule has 0 amide bonds. The summed E-state index contributed by atoms with van der Waals surface area (Å²) >= 11 is 0. The summed E-state index contributed by atoms with van der Waals surface area (Å²) in [6.07, 6.45) is 1.46. The summed E-state index contributed by atoms with van der Waals surface area (Å²) in [4.78, 5) is 1.98. The highest BCUT2D eigenvalue weighted by atomic mass is 16.3. The Morgan fingerprint density at radius 1 is 1.67 bits per heavy atom. The first-order valence-corrected chi connectivity index (χ1v) is 3.35. The van der Waals surface area contributed by atoms with Crippen LogP contribution in [0.4, 0.5) is 0 Å². The van der Waals surface area contributed by atoms with Crippen LogP contribution in [-0.4, -0.2) is 35.9 Å². The number of likely N-dealkylation sites (tertiary alicyclic amines) is 1. The fourth-order valence-electron chi connectivity index (χ4n) is 1.16. The van der Waals surface area contributed by atoms with Gasteiger partial charge in [-0.15, -0.1) is 0 Å². The Morgan fingerprint density at radius 2 is 2.33 bits per heavy atom. The van der Waals surface area contributed by atoms with E-state index >= 15 is 0 Å². The highest BCUT2D eigenvalue weighted by Gasteiger charge is 2.22. The van der Waals surface area contributed by atoms with Gasteiger partial charge >= 0.3 is 0 Å². The van der Waals surface area contributed by atoms with Gasteiger partial charge in [-0.3, -0.25) is 4.90 Å². The molecule has 3 nitrogen and oxygen atoms in total. The van der Waals surface area contributed by atoms with E-state index in [4.69, 9.17) is 5.73 Å². The molecule has 0 saturated carbocycles. The van der Waals surface area contributed by atoms with Crippen LogP contribution < -0.4 is 5.73 Å². The minimum atomic E-state index is -0.316. The topological polar surface area (TPSA) is 49.5 Å². The fraction of sp³-hybridized carbons (Fsp3) is 1.00. The Labute approximate surface area is 55.5 Å². The maximum absolute atomic E-state index is 9.18. The van der Waals surface area contributed by atoms with Gasteiger partial charge in [-0.25, -0.2) is 0 Å². The molecule has 3 heteroatoms. The van der Waals surface area contributed by atoms with E-state index in [-0.39, 0.29) is 12.3 Å². The second kappa shape index (κ2) is 2.64. The Morgan fingerprint density at radius 3 is 2.78 bits per heavy atom. The van der Waals surface area contributed by atoms with Gasteiger partial charge in [0.1, 0.15) is 0 Å². The second-order valence-electron chi connectivity index (χ2n) is 2.68. The summed E-state index contributed by atoms with van der Waals surface area (Å²) in [5, 5.41) is 9.18. The van der Waals surface area contributed by atoms with Gasteiger partial charge in [0.05, 0.1) is 12.3 Å². The molecule has 0 aliphatic carbocycles. The van der Waals surface area contributed by atoms with Crippen LogP contribution in [-0.2, 0) is 0 Å². The van der Waals surface area contributed by atoms with Crippen LogP contribution in [0.15, 0.2) is 0 Å². The molecule has 0 aromatic heterocycles. The summed E-state index contributed by atoms with van der Waals surface area (Å²) in [5.41, 5.74) is 5.60. The molecular formula is C6H14N2O. The molecule has 2 unspecified atom stereocenters. The van der Waals surface area contributed by atoms with E-state index in [9.17, 15) is 5.11 Å². The van der Waals surface area contributed by atoms with Crippen molar-refractivity contribution in [2.24, 2.45) is 5.73 Å². The number of hydrogen-bond donors (Lipinski definition) is 2. The molecule has 1 aliphatic rings. The monoisotopic (exact) mass is 130 g/mol. The number of nitrogens with two attached hydrogens (primary N) is 1. The zero-order valence-electron chi connectivity index (χ0n) is 5.75. The van der Waals surface area contributed by atoms with Crippen molar-refractivity contribution in [1.82, 2.24) is 4.90 Å². The second-order valence-corrected chi connectivity index (χ2v) is 2.68. The number of aliphatic hydroxyl groups is 1.